The van der Waals surface area contributed by atoms with Gasteiger partial charge in [-0.25, -0.2) is 13.6 Å². The summed E-state index contributed by atoms with van der Waals surface area (Å²) < 4.78 is 28.0. The molecule has 0 aliphatic carbocycles. The number of aryl methyl sites for hydroxylation is 2. The first-order valence-corrected chi connectivity index (χ1v) is 9.17. The number of rotatable bonds is 4. The quantitative estimate of drug-likeness (QED) is 0.622. The molecule has 1 unspecified atom stereocenters. The average molecular weight is 400 g/mol. The molecule has 1 aliphatic rings. The first-order chi connectivity index (χ1) is 13.5. The van der Waals surface area contributed by atoms with Crippen LogP contribution in [-0.4, -0.2) is 22.6 Å². The van der Waals surface area contributed by atoms with Crippen molar-refractivity contribution in [1.82, 2.24) is 10.2 Å². The average Bonchev–Trinajstić information content (AvgIpc) is 2.83. The van der Waals surface area contributed by atoms with Crippen LogP contribution in [-0.2, 0) is 16.9 Å². The second-order valence-corrected chi connectivity index (χ2v) is 7.62. The molecule has 1 atom stereocenters. The Kier molecular flexibility index (Phi) is 5.03. The molecule has 1 N–H and O–H groups in total. The van der Waals surface area contributed by atoms with E-state index in [1.807, 2.05) is 19.9 Å². The largest absolute Gasteiger partial charge is 0.325 e. The molecule has 0 radical (unpaired) electrons. The molecule has 152 valence electrons. The van der Waals surface area contributed by atoms with E-state index >= 15 is 0 Å². The minimum Gasteiger partial charge on any atom is -0.319 e. The number of carbonyl (C=O) groups excluding carboxylic acids is 3. The van der Waals surface area contributed by atoms with Gasteiger partial charge in [0.15, 0.2) is 5.78 Å². The molecule has 3 rings (SSSR count). The van der Waals surface area contributed by atoms with Crippen molar-refractivity contribution < 1.29 is 23.2 Å². The first-order valence-electron chi connectivity index (χ1n) is 9.17. The molecule has 0 spiro atoms. The monoisotopic (exact) mass is 400 g/mol. The van der Waals surface area contributed by atoms with Crippen LogP contribution >= 0.6 is 0 Å². The molecule has 0 aromatic heterocycles. The second kappa shape index (κ2) is 7.06. The Hall–Kier alpha value is -3.09. The van der Waals surface area contributed by atoms with Crippen molar-refractivity contribution in [2.45, 2.75) is 46.7 Å². The summed E-state index contributed by atoms with van der Waals surface area (Å²) in [7, 11) is 0. The first kappa shape index (κ1) is 20.6. The molecule has 5 nitrogen and oxygen atoms in total. The van der Waals surface area contributed by atoms with E-state index in [1.165, 1.54) is 13.8 Å². The van der Waals surface area contributed by atoms with Crippen molar-refractivity contribution >= 4 is 17.7 Å². The zero-order valence-corrected chi connectivity index (χ0v) is 16.9. The molecule has 29 heavy (non-hydrogen) atoms. The van der Waals surface area contributed by atoms with Gasteiger partial charge in [0.1, 0.15) is 17.2 Å². The number of imide groups is 1. The lowest BCUT2D eigenvalue weighted by Gasteiger charge is -2.24. The van der Waals surface area contributed by atoms with Crippen molar-refractivity contribution in [3.05, 3.63) is 69.3 Å². The minimum absolute atomic E-state index is 0.0740. The summed E-state index contributed by atoms with van der Waals surface area (Å²) in [6.07, 6.45) is 0. The highest BCUT2D eigenvalue weighted by atomic mass is 19.1. The summed E-state index contributed by atoms with van der Waals surface area (Å²) >= 11 is 0. The molecule has 1 fully saturated rings. The zero-order chi connectivity index (χ0) is 21.7. The number of Topliss-reactive ketones (excluding diaryl/α,β-unsaturated/α-hetero) is 1. The number of hydrogen-bond donors (Lipinski definition) is 1. The van der Waals surface area contributed by atoms with Gasteiger partial charge in [0.2, 0.25) is 0 Å². The van der Waals surface area contributed by atoms with Crippen LogP contribution < -0.4 is 5.32 Å². The van der Waals surface area contributed by atoms with Crippen molar-refractivity contribution in [2.75, 3.05) is 0 Å². The second-order valence-electron chi connectivity index (χ2n) is 7.62. The van der Waals surface area contributed by atoms with E-state index in [0.29, 0.717) is 16.7 Å². The van der Waals surface area contributed by atoms with Crippen LogP contribution in [0, 0.1) is 32.4 Å². The van der Waals surface area contributed by atoms with Crippen LogP contribution in [0.15, 0.2) is 24.3 Å². The Morgan fingerprint density at radius 3 is 2.38 bits per heavy atom. The maximum Gasteiger partial charge on any atom is 0.325 e. The maximum atomic E-state index is 14.3. The van der Waals surface area contributed by atoms with Crippen LogP contribution in [0.4, 0.5) is 13.6 Å². The summed E-state index contributed by atoms with van der Waals surface area (Å²) in [6.45, 7) is 8.18. The Labute approximate surface area is 167 Å². The van der Waals surface area contributed by atoms with E-state index in [-0.39, 0.29) is 17.9 Å². The number of hydrogen-bond acceptors (Lipinski definition) is 3. The number of carbonyl (C=O) groups is 3. The number of benzene rings is 2. The highest BCUT2D eigenvalue weighted by Gasteiger charge is 2.50. The lowest BCUT2D eigenvalue weighted by atomic mass is 9.90. The molecule has 3 amide bonds. The number of halogens is 2. The Morgan fingerprint density at radius 1 is 1.10 bits per heavy atom. The van der Waals surface area contributed by atoms with Gasteiger partial charge in [-0.2, -0.15) is 0 Å². The fraction of sp³-hybridized carbons (Fsp3) is 0.318. The van der Waals surface area contributed by atoms with Crippen LogP contribution in [0.2, 0.25) is 0 Å². The van der Waals surface area contributed by atoms with Crippen LogP contribution in [0.5, 0.6) is 0 Å². The number of nitrogens with zero attached hydrogens (tertiary/aromatic N) is 1. The van der Waals surface area contributed by atoms with Gasteiger partial charge in [-0.3, -0.25) is 14.5 Å². The molecule has 2 aromatic rings. The van der Waals surface area contributed by atoms with Crippen LogP contribution in [0.3, 0.4) is 0 Å². The Bertz CT molecular complexity index is 1060. The minimum atomic E-state index is -1.72. The topological polar surface area (TPSA) is 66.5 Å². The molecule has 1 aliphatic heterocycles. The molecular weight excluding hydrogens is 378 g/mol. The van der Waals surface area contributed by atoms with E-state index in [9.17, 15) is 23.2 Å². The normalized spacial score (nSPS) is 18.9. The molecule has 0 bridgehead atoms. The van der Waals surface area contributed by atoms with Gasteiger partial charge in [-0.15, -0.1) is 0 Å². The third-order valence-electron chi connectivity index (χ3n) is 5.54. The van der Waals surface area contributed by atoms with E-state index in [0.717, 1.165) is 34.2 Å². The summed E-state index contributed by atoms with van der Waals surface area (Å²) in [5.74, 6) is -2.29. The fourth-order valence-corrected chi connectivity index (χ4v) is 4.07. The number of urea groups is 1. The zero-order valence-electron chi connectivity index (χ0n) is 16.9. The predicted molar refractivity (Wildman–Crippen MR) is 103 cm³/mol. The highest BCUT2D eigenvalue weighted by molar-refractivity contribution is 6.07. The number of nitrogens with one attached hydrogen (secondary N) is 1. The van der Waals surface area contributed by atoms with Gasteiger partial charge in [-0.05, 0) is 75.1 Å². The van der Waals surface area contributed by atoms with E-state index in [1.54, 1.807) is 6.92 Å². The molecule has 2 aromatic carbocycles. The third-order valence-corrected chi connectivity index (χ3v) is 5.54. The molecule has 1 heterocycles. The van der Waals surface area contributed by atoms with E-state index in [4.69, 9.17) is 0 Å². The molecule has 1 saturated heterocycles. The summed E-state index contributed by atoms with van der Waals surface area (Å²) in [6, 6.07) is 3.91. The fourth-order valence-electron chi connectivity index (χ4n) is 4.07. The van der Waals surface area contributed by atoms with Crippen molar-refractivity contribution in [3.8, 4) is 0 Å². The van der Waals surface area contributed by atoms with Gasteiger partial charge in [0.25, 0.3) is 5.91 Å². The van der Waals surface area contributed by atoms with Gasteiger partial charge in [0, 0.05) is 11.1 Å². The van der Waals surface area contributed by atoms with Gasteiger partial charge < -0.3 is 5.32 Å². The van der Waals surface area contributed by atoms with Crippen LogP contribution in [0.1, 0.15) is 52.0 Å². The summed E-state index contributed by atoms with van der Waals surface area (Å²) in [5.41, 5.74) is 1.61. The molecule has 7 heteroatoms. The van der Waals surface area contributed by atoms with Gasteiger partial charge in [-0.1, -0.05) is 6.07 Å². The summed E-state index contributed by atoms with van der Waals surface area (Å²) in [4.78, 5) is 38.7. The number of amides is 3. The molecular formula is C22H22F2N2O3. The standard InChI is InChI=1S/C22H22F2N2O3/c1-11-8-12(2)19(14(4)27)13(3)16(11)10-26-20(28)22(5,25-21(26)29)17-9-15(23)6-7-18(17)24/h6-9H,10H2,1-5H3,(H,25,29). The lowest BCUT2D eigenvalue weighted by molar-refractivity contribution is -0.131. The van der Waals surface area contributed by atoms with Crippen molar-refractivity contribution in [1.29, 1.82) is 0 Å². The smallest absolute Gasteiger partial charge is 0.319 e. The van der Waals surface area contributed by atoms with E-state index < -0.39 is 29.1 Å². The SMILES string of the molecule is CC(=O)c1c(C)cc(C)c(CN2C(=O)NC(C)(c3cc(F)ccc3F)C2=O)c1C. The third kappa shape index (κ3) is 3.30. The van der Waals surface area contributed by atoms with E-state index in [2.05, 4.69) is 5.32 Å². The van der Waals surface area contributed by atoms with Crippen LogP contribution in [0.25, 0.3) is 0 Å². The van der Waals surface area contributed by atoms with Crippen molar-refractivity contribution in [3.63, 3.8) is 0 Å². The lowest BCUT2D eigenvalue weighted by Crippen LogP contribution is -2.41. The highest BCUT2D eigenvalue weighted by Crippen LogP contribution is 2.33. The van der Waals surface area contributed by atoms with Gasteiger partial charge in [0.05, 0.1) is 6.54 Å². The maximum absolute atomic E-state index is 14.3. The van der Waals surface area contributed by atoms with Gasteiger partial charge >= 0.3 is 6.03 Å². The molecule has 0 saturated carbocycles. The number of ketones is 1. The van der Waals surface area contributed by atoms with Crippen molar-refractivity contribution in [2.24, 2.45) is 0 Å². The Morgan fingerprint density at radius 2 is 1.76 bits per heavy atom. The Balaban J connectivity index is 2.04. The predicted octanol–water partition coefficient (Wildman–Crippen LogP) is 4.06. The summed E-state index contributed by atoms with van der Waals surface area (Å²) in [5, 5.41) is 2.49.